The fraction of sp³-hybridized carbons (Fsp3) is 0.480. The minimum atomic E-state index is -0.241. The molecule has 1 N–H and O–H groups in total. The predicted octanol–water partition coefficient (Wildman–Crippen LogP) is 6.17. The Morgan fingerprint density at radius 1 is 1.03 bits per heavy atom. The van der Waals surface area contributed by atoms with Gasteiger partial charge in [-0.05, 0) is 94.8 Å². The Morgan fingerprint density at radius 2 is 1.79 bits per heavy atom. The van der Waals surface area contributed by atoms with E-state index in [0.29, 0.717) is 19.0 Å². The van der Waals surface area contributed by atoms with Crippen molar-refractivity contribution in [3.8, 4) is 0 Å². The lowest BCUT2D eigenvalue weighted by molar-refractivity contribution is -0.126. The highest BCUT2D eigenvalue weighted by Crippen LogP contribution is 2.40. The van der Waals surface area contributed by atoms with Crippen LogP contribution < -0.4 is 5.32 Å². The second kappa shape index (κ2) is 9.67. The van der Waals surface area contributed by atoms with Gasteiger partial charge in [0, 0.05) is 51.3 Å². The molecule has 2 aliphatic carbocycles. The van der Waals surface area contributed by atoms with Crippen molar-refractivity contribution in [3.05, 3.63) is 60.2 Å². The monoisotopic (exact) mass is 593 g/mol. The molecule has 174 valence electrons. The Bertz CT molecular complexity index is 1110. The number of hydrogen-bond acceptors (Lipinski definition) is 3. The Morgan fingerprint density at radius 3 is 2.48 bits per heavy atom. The first-order valence-electron chi connectivity index (χ1n) is 11.6. The summed E-state index contributed by atoms with van der Waals surface area (Å²) in [6.45, 7) is 1.30. The molecule has 5 rings (SSSR count). The molecule has 8 heteroatoms. The SMILES string of the molecule is O=C(NC(=O)N1CCC(c2c(Br)cnc3c2CCc2cc(Cl)cc(Br)c2C3)CC1)C1CCC1. The maximum absolute atomic E-state index is 12.6. The van der Waals surface area contributed by atoms with Crippen molar-refractivity contribution in [1.29, 1.82) is 0 Å². The number of rotatable bonds is 2. The number of piperidine rings is 1. The van der Waals surface area contributed by atoms with Crippen molar-refractivity contribution in [2.75, 3.05) is 13.1 Å². The standard InChI is InChI=1S/C25H26Br2ClN3O2/c26-20-11-17(28)10-16-4-5-18-22(12-19(16)20)29-13-21(27)23(18)14-6-8-31(9-7-14)25(33)30-24(32)15-2-1-3-15/h10-11,13-15H,1-9,12H2,(H,30,32,33). The van der Waals surface area contributed by atoms with E-state index < -0.39 is 0 Å². The molecule has 1 aliphatic heterocycles. The molecule has 2 heterocycles. The first-order valence-corrected chi connectivity index (χ1v) is 13.6. The largest absolute Gasteiger partial charge is 0.324 e. The molecule has 1 saturated carbocycles. The summed E-state index contributed by atoms with van der Waals surface area (Å²) >= 11 is 13.8. The second-order valence-electron chi connectivity index (χ2n) is 9.33. The first-order chi connectivity index (χ1) is 15.9. The average Bonchev–Trinajstić information content (AvgIpc) is 2.92. The molecule has 0 bridgehead atoms. The van der Waals surface area contributed by atoms with E-state index in [-0.39, 0.29) is 17.9 Å². The number of fused-ring (bicyclic) bond motifs is 2. The number of amides is 3. The van der Waals surface area contributed by atoms with Gasteiger partial charge in [0.25, 0.3) is 0 Å². The van der Waals surface area contributed by atoms with Crippen molar-refractivity contribution in [2.24, 2.45) is 5.92 Å². The minimum absolute atomic E-state index is 0.0220. The lowest BCUT2D eigenvalue weighted by Gasteiger charge is -2.34. The topological polar surface area (TPSA) is 62.3 Å². The van der Waals surface area contributed by atoms with Gasteiger partial charge in [-0.2, -0.15) is 0 Å². The Hall–Kier alpha value is -1.44. The molecule has 1 aromatic carbocycles. The van der Waals surface area contributed by atoms with Gasteiger partial charge in [-0.25, -0.2) is 4.79 Å². The summed E-state index contributed by atoms with van der Waals surface area (Å²) in [7, 11) is 0. The Kier molecular flexibility index (Phi) is 6.83. The predicted molar refractivity (Wildman–Crippen MR) is 136 cm³/mol. The van der Waals surface area contributed by atoms with E-state index in [1.54, 1.807) is 4.90 Å². The summed E-state index contributed by atoms with van der Waals surface area (Å²) in [5.41, 5.74) is 6.33. The van der Waals surface area contributed by atoms with Gasteiger partial charge in [0.1, 0.15) is 0 Å². The van der Waals surface area contributed by atoms with E-state index in [1.165, 1.54) is 22.3 Å². The zero-order chi connectivity index (χ0) is 23.1. The number of nitrogens with one attached hydrogen (secondary N) is 1. The molecule has 33 heavy (non-hydrogen) atoms. The number of nitrogens with zero attached hydrogens (tertiary/aromatic N) is 2. The summed E-state index contributed by atoms with van der Waals surface area (Å²) in [5.74, 6) is 0.269. The normalized spacial score (nSPS) is 18.7. The van der Waals surface area contributed by atoms with Gasteiger partial charge in [0.15, 0.2) is 0 Å². The van der Waals surface area contributed by atoms with Crippen LogP contribution in [0, 0.1) is 5.92 Å². The number of benzene rings is 1. The maximum atomic E-state index is 12.6. The van der Waals surface area contributed by atoms with E-state index in [9.17, 15) is 9.59 Å². The third kappa shape index (κ3) is 4.73. The number of halogens is 3. The van der Waals surface area contributed by atoms with Crippen LogP contribution in [0.5, 0.6) is 0 Å². The smallest absolute Gasteiger partial charge is 0.324 e. The number of likely N-dealkylation sites (tertiary alicyclic amines) is 1. The van der Waals surface area contributed by atoms with E-state index in [2.05, 4.69) is 43.2 Å². The third-order valence-corrected chi connectivity index (χ3v) is 8.96. The van der Waals surface area contributed by atoms with E-state index >= 15 is 0 Å². The zero-order valence-electron chi connectivity index (χ0n) is 18.3. The summed E-state index contributed by atoms with van der Waals surface area (Å²) < 4.78 is 2.09. The molecule has 2 aromatic rings. The number of pyridine rings is 1. The zero-order valence-corrected chi connectivity index (χ0v) is 22.2. The molecule has 0 unspecified atom stereocenters. The van der Waals surface area contributed by atoms with Crippen molar-refractivity contribution in [3.63, 3.8) is 0 Å². The fourth-order valence-corrected chi connectivity index (χ4v) is 6.97. The van der Waals surface area contributed by atoms with Gasteiger partial charge < -0.3 is 4.90 Å². The second-order valence-corrected chi connectivity index (χ2v) is 11.5. The lowest BCUT2D eigenvalue weighted by atomic mass is 9.84. The van der Waals surface area contributed by atoms with E-state index in [0.717, 1.165) is 71.0 Å². The van der Waals surface area contributed by atoms with Crippen LogP contribution >= 0.6 is 43.5 Å². The minimum Gasteiger partial charge on any atom is -0.324 e. The molecule has 3 amide bonds. The van der Waals surface area contributed by atoms with Crippen LogP contribution in [-0.4, -0.2) is 34.9 Å². The van der Waals surface area contributed by atoms with Gasteiger partial charge in [0.05, 0.1) is 0 Å². The number of urea groups is 1. The van der Waals surface area contributed by atoms with Gasteiger partial charge in [-0.15, -0.1) is 0 Å². The summed E-state index contributed by atoms with van der Waals surface area (Å²) in [6, 6.07) is 3.79. The average molecular weight is 596 g/mol. The number of carbonyl (C=O) groups is 2. The highest BCUT2D eigenvalue weighted by atomic mass is 79.9. The van der Waals surface area contributed by atoms with Crippen LogP contribution in [0.1, 0.15) is 66.0 Å². The molecular weight excluding hydrogens is 570 g/mol. The van der Waals surface area contributed by atoms with Crippen LogP contribution in [0.2, 0.25) is 5.02 Å². The van der Waals surface area contributed by atoms with Crippen molar-refractivity contribution < 1.29 is 9.59 Å². The quantitative estimate of drug-likeness (QED) is 0.452. The third-order valence-electron chi connectivity index (χ3n) is 7.40. The van der Waals surface area contributed by atoms with Crippen molar-refractivity contribution in [1.82, 2.24) is 15.2 Å². The molecule has 0 atom stereocenters. The number of aromatic nitrogens is 1. The van der Waals surface area contributed by atoms with Gasteiger partial charge in [-0.3, -0.25) is 15.1 Å². The molecule has 1 saturated heterocycles. The van der Waals surface area contributed by atoms with Gasteiger partial charge in [-0.1, -0.05) is 34.0 Å². The van der Waals surface area contributed by atoms with Gasteiger partial charge >= 0.3 is 6.03 Å². The maximum Gasteiger partial charge on any atom is 0.324 e. The van der Waals surface area contributed by atoms with Crippen LogP contribution in [0.4, 0.5) is 4.79 Å². The fourth-order valence-electron chi connectivity index (χ4n) is 5.29. The van der Waals surface area contributed by atoms with Gasteiger partial charge in [0.2, 0.25) is 5.91 Å². The summed E-state index contributed by atoms with van der Waals surface area (Å²) in [6.07, 6.45) is 9.20. The van der Waals surface area contributed by atoms with Crippen LogP contribution in [0.15, 0.2) is 27.3 Å². The highest BCUT2D eigenvalue weighted by molar-refractivity contribution is 9.10. The molecule has 0 spiro atoms. The van der Waals surface area contributed by atoms with Crippen LogP contribution in [0.25, 0.3) is 0 Å². The van der Waals surface area contributed by atoms with Crippen molar-refractivity contribution >= 4 is 55.4 Å². The first kappa shape index (κ1) is 23.3. The number of carbonyl (C=O) groups excluding carboxylic acids is 2. The summed E-state index contributed by atoms with van der Waals surface area (Å²) in [5, 5.41) is 3.36. The lowest BCUT2D eigenvalue weighted by Crippen LogP contribution is -2.48. The van der Waals surface area contributed by atoms with E-state index in [1.807, 2.05) is 12.3 Å². The van der Waals surface area contributed by atoms with E-state index in [4.69, 9.17) is 16.6 Å². The molecule has 3 aliphatic rings. The molecule has 0 radical (unpaired) electrons. The summed E-state index contributed by atoms with van der Waals surface area (Å²) in [4.78, 5) is 31.3. The molecular formula is C25H26Br2ClN3O2. The molecule has 5 nitrogen and oxygen atoms in total. The van der Waals surface area contributed by atoms with Crippen LogP contribution in [0.3, 0.4) is 0 Å². The molecule has 2 fully saturated rings. The molecule has 1 aromatic heterocycles. The Balaban J connectivity index is 1.31. The van der Waals surface area contributed by atoms with Crippen LogP contribution in [-0.2, 0) is 24.1 Å². The number of aryl methyl sites for hydroxylation is 1. The Labute approximate surface area is 215 Å². The number of imide groups is 1. The number of hydrogen-bond donors (Lipinski definition) is 1. The van der Waals surface area contributed by atoms with Crippen molar-refractivity contribution in [2.45, 2.75) is 57.3 Å². The highest BCUT2D eigenvalue weighted by Gasteiger charge is 2.32.